The van der Waals surface area contributed by atoms with Crippen LogP contribution in [0.25, 0.3) is 0 Å². The Labute approximate surface area is 243 Å². The van der Waals surface area contributed by atoms with Crippen LogP contribution in [0.5, 0.6) is 17.2 Å². The summed E-state index contributed by atoms with van der Waals surface area (Å²) in [6.45, 7) is 4.53. The number of aromatic nitrogens is 1. The number of amides is 1. The molecule has 0 aliphatic carbocycles. The van der Waals surface area contributed by atoms with Gasteiger partial charge < -0.3 is 33.6 Å². The standard InChI is InChI=1S/C30H33ClN2O8/c1-18-12-23(19(2)33(18)15-22-6-5-11-39-22)25(34)16-41-30(36)20-7-9-27(28(13-20)38-4)40-17-29(35)32-24-14-21(31)8-10-26(24)37-3/h7-10,12-14,22H,5-6,11,15-17H2,1-4H3,(H,32,35)/t22-/m1/s1. The SMILES string of the molecule is COc1ccc(Cl)cc1NC(=O)COc1ccc(C(=O)OCC(=O)c2cc(C)n(C[C@H]3CCCO3)c2C)cc1OC. The fraction of sp³-hybridized carbons (Fsp3) is 0.367. The van der Waals surface area contributed by atoms with Crippen molar-refractivity contribution in [2.75, 3.05) is 39.4 Å². The smallest absolute Gasteiger partial charge is 0.338 e. The Balaban J connectivity index is 1.33. The van der Waals surface area contributed by atoms with Crippen molar-refractivity contribution in [3.63, 3.8) is 0 Å². The lowest BCUT2D eigenvalue weighted by Crippen LogP contribution is -2.21. The second kappa shape index (κ2) is 13.6. The number of ketones is 1. The van der Waals surface area contributed by atoms with Gasteiger partial charge in [-0.1, -0.05) is 11.6 Å². The first-order chi connectivity index (χ1) is 19.7. The molecule has 2 heterocycles. The summed E-state index contributed by atoms with van der Waals surface area (Å²) in [4.78, 5) is 38.1. The Bertz CT molecular complexity index is 1430. The van der Waals surface area contributed by atoms with Crippen LogP contribution in [0.2, 0.25) is 5.02 Å². The summed E-state index contributed by atoms with van der Waals surface area (Å²) in [6, 6.07) is 11.0. The van der Waals surface area contributed by atoms with Crippen molar-refractivity contribution in [2.24, 2.45) is 0 Å². The lowest BCUT2D eigenvalue weighted by Gasteiger charge is -2.15. The number of nitrogens with one attached hydrogen (secondary N) is 1. The normalized spacial score (nSPS) is 14.4. The minimum atomic E-state index is -0.692. The van der Waals surface area contributed by atoms with Crippen molar-refractivity contribution in [3.8, 4) is 17.2 Å². The quantitative estimate of drug-likeness (QED) is 0.233. The van der Waals surface area contributed by atoms with Crippen molar-refractivity contribution < 1.29 is 38.1 Å². The van der Waals surface area contributed by atoms with Gasteiger partial charge in [-0.25, -0.2) is 4.79 Å². The topological polar surface area (TPSA) is 114 Å². The molecule has 41 heavy (non-hydrogen) atoms. The maximum Gasteiger partial charge on any atom is 0.338 e. The molecule has 1 aliphatic heterocycles. The third kappa shape index (κ3) is 7.39. The summed E-state index contributed by atoms with van der Waals surface area (Å²) < 4.78 is 29.3. The highest BCUT2D eigenvalue weighted by Crippen LogP contribution is 2.30. The van der Waals surface area contributed by atoms with E-state index in [1.54, 1.807) is 18.2 Å². The molecule has 0 unspecified atom stereocenters. The van der Waals surface area contributed by atoms with Crippen LogP contribution in [0.3, 0.4) is 0 Å². The van der Waals surface area contributed by atoms with Gasteiger partial charge in [-0.2, -0.15) is 0 Å². The van der Waals surface area contributed by atoms with E-state index in [2.05, 4.69) is 9.88 Å². The van der Waals surface area contributed by atoms with E-state index in [4.69, 9.17) is 35.3 Å². The summed E-state index contributed by atoms with van der Waals surface area (Å²) in [5.74, 6) is -0.530. The predicted octanol–water partition coefficient (Wildman–Crippen LogP) is 5.01. The van der Waals surface area contributed by atoms with E-state index < -0.39 is 18.5 Å². The number of carbonyl (C=O) groups excluding carboxylic acids is 3. The molecule has 1 aromatic heterocycles. The second-order valence-electron chi connectivity index (χ2n) is 9.58. The molecule has 1 amide bonds. The van der Waals surface area contributed by atoms with E-state index in [0.29, 0.717) is 28.6 Å². The van der Waals surface area contributed by atoms with E-state index in [1.807, 2.05) is 19.9 Å². The minimum absolute atomic E-state index is 0.142. The number of carbonyl (C=O) groups is 3. The van der Waals surface area contributed by atoms with Crippen molar-refractivity contribution in [1.29, 1.82) is 0 Å². The number of nitrogens with zero attached hydrogens (tertiary/aromatic N) is 1. The van der Waals surface area contributed by atoms with Crippen molar-refractivity contribution in [1.82, 2.24) is 4.57 Å². The number of methoxy groups -OCH3 is 2. The van der Waals surface area contributed by atoms with E-state index in [-0.39, 0.29) is 35.6 Å². The van der Waals surface area contributed by atoms with Gasteiger partial charge in [0.2, 0.25) is 5.78 Å². The lowest BCUT2D eigenvalue weighted by atomic mass is 10.1. The summed E-state index contributed by atoms with van der Waals surface area (Å²) in [7, 11) is 2.89. The lowest BCUT2D eigenvalue weighted by molar-refractivity contribution is -0.118. The molecule has 4 rings (SSSR count). The molecular weight excluding hydrogens is 552 g/mol. The highest BCUT2D eigenvalue weighted by molar-refractivity contribution is 6.31. The maximum absolute atomic E-state index is 12.9. The van der Waals surface area contributed by atoms with E-state index in [9.17, 15) is 14.4 Å². The van der Waals surface area contributed by atoms with Gasteiger partial charge in [0.15, 0.2) is 24.7 Å². The molecule has 0 saturated carbocycles. The number of esters is 1. The molecule has 0 spiro atoms. The Kier molecular flexibility index (Phi) is 9.91. The molecular formula is C30H33ClN2O8. The van der Waals surface area contributed by atoms with Crippen LogP contribution in [0.4, 0.5) is 5.69 Å². The maximum atomic E-state index is 12.9. The molecule has 3 aromatic rings. The molecule has 2 aromatic carbocycles. The summed E-state index contributed by atoms with van der Waals surface area (Å²) in [5.41, 5.74) is 2.86. The molecule has 11 heteroatoms. The van der Waals surface area contributed by atoms with Gasteiger partial charge >= 0.3 is 5.97 Å². The van der Waals surface area contributed by atoms with Crippen LogP contribution in [0.15, 0.2) is 42.5 Å². The van der Waals surface area contributed by atoms with Gasteiger partial charge in [0.1, 0.15) is 5.75 Å². The summed E-state index contributed by atoms with van der Waals surface area (Å²) in [6.07, 6.45) is 2.18. The highest BCUT2D eigenvalue weighted by atomic mass is 35.5. The summed E-state index contributed by atoms with van der Waals surface area (Å²) >= 11 is 6.01. The third-order valence-electron chi connectivity index (χ3n) is 6.81. The Hall–Kier alpha value is -4.02. The first-order valence-corrected chi connectivity index (χ1v) is 13.5. The highest BCUT2D eigenvalue weighted by Gasteiger charge is 2.22. The number of aryl methyl sites for hydroxylation is 1. The van der Waals surface area contributed by atoms with Gasteiger partial charge in [0.05, 0.1) is 31.6 Å². The molecule has 0 bridgehead atoms. The van der Waals surface area contributed by atoms with Gasteiger partial charge in [-0.05, 0) is 69.2 Å². The largest absolute Gasteiger partial charge is 0.495 e. The summed E-state index contributed by atoms with van der Waals surface area (Å²) in [5, 5.41) is 3.12. The molecule has 1 fully saturated rings. The van der Waals surface area contributed by atoms with Crippen molar-refractivity contribution in [3.05, 3.63) is 70.0 Å². The number of rotatable bonds is 12. The average molecular weight is 585 g/mol. The average Bonchev–Trinajstić information content (AvgIpc) is 3.58. The van der Waals surface area contributed by atoms with Crippen molar-refractivity contribution >= 4 is 34.9 Å². The monoisotopic (exact) mass is 584 g/mol. The third-order valence-corrected chi connectivity index (χ3v) is 7.05. The van der Waals surface area contributed by atoms with E-state index in [1.165, 1.54) is 32.4 Å². The fourth-order valence-corrected chi connectivity index (χ4v) is 4.84. The van der Waals surface area contributed by atoms with Gasteiger partial charge in [0, 0.05) is 35.1 Å². The number of hydrogen-bond donors (Lipinski definition) is 1. The molecule has 1 aliphatic rings. The van der Waals surface area contributed by atoms with Crippen LogP contribution in [0.1, 0.15) is 44.9 Å². The van der Waals surface area contributed by atoms with E-state index in [0.717, 1.165) is 30.8 Å². The van der Waals surface area contributed by atoms with Crippen LogP contribution < -0.4 is 19.5 Å². The fourth-order valence-electron chi connectivity index (χ4n) is 4.67. The van der Waals surface area contributed by atoms with Gasteiger partial charge in [-0.3, -0.25) is 9.59 Å². The van der Waals surface area contributed by atoms with Gasteiger partial charge in [-0.15, -0.1) is 0 Å². The molecule has 1 atom stereocenters. The van der Waals surface area contributed by atoms with E-state index >= 15 is 0 Å². The Morgan fingerprint density at radius 2 is 1.76 bits per heavy atom. The first kappa shape index (κ1) is 30.0. The molecule has 10 nitrogen and oxygen atoms in total. The zero-order chi connectivity index (χ0) is 29.5. The molecule has 218 valence electrons. The minimum Gasteiger partial charge on any atom is -0.495 e. The Morgan fingerprint density at radius 3 is 2.46 bits per heavy atom. The van der Waals surface area contributed by atoms with Crippen LogP contribution >= 0.6 is 11.6 Å². The number of ether oxygens (including phenoxy) is 5. The first-order valence-electron chi connectivity index (χ1n) is 13.1. The Morgan fingerprint density at radius 1 is 1.00 bits per heavy atom. The molecule has 1 N–H and O–H groups in total. The molecule has 1 saturated heterocycles. The second-order valence-corrected chi connectivity index (χ2v) is 10.0. The number of hydrogen-bond acceptors (Lipinski definition) is 8. The predicted molar refractivity (Wildman–Crippen MR) is 153 cm³/mol. The number of anilines is 1. The number of Topliss-reactive ketones (excluding diaryl/α,β-unsaturated/α-hetero) is 1. The zero-order valence-electron chi connectivity index (χ0n) is 23.5. The number of halogens is 1. The zero-order valence-corrected chi connectivity index (χ0v) is 24.2. The number of benzene rings is 2. The van der Waals surface area contributed by atoms with Gasteiger partial charge in [0.25, 0.3) is 5.91 Å². The van der Waals surface area contributed by atoms with Crippen LogP contribution in [-0.4, -0.2) is 62.4 Å². The van der Waals surface area contributed by atoms with Crippen LogP contribution in [-0.2, 0) is 20.8 Å². The molecule has 0 radical (unpaired) electrons. The van der Waals surface area contributed by atoms with Crippen molar-refractivity contribution in [2.45, 2.75) is 39.3 Å². The van der Waals surface area contributed by atoms with Crippen LogP contribution in [0, 0.1) is 13.8 Å².